The van der Waals surface area contributed by atoms with Crippen LogP contribution >= 0.6 is 0 Å². The van der Waals surface area contributed by atoms with Crippen LogP contribution in [-0.4, -0.2) is 104 Å². The van der Waals surface area contributed by atoms with Crippen LogP contribution in [0.1, 0.15) is 0 Å². The predicted molar refractivity (Wildman–Crippen MR) is 216 cm³/mol. The normalized spacial score (nSPS) is 16.8. The van der Waals surface area contributed by atoms with Crippen molar-refractivity contribution in [1.82, 2.24) is 59.3 Å². The molecule has 17 heteroatoms. The van der Waals surface area contributed by atoms with Gasteiger partial charge in [-0.15, -0.1) is 0 Å². The number of hydrogen-bond acceptors (Lipinski definition) is 11. The van der Waals surface area contributed by atoms with Crippen LogP contribution < -0.4 is 10.6 Å². The minimum absolute atomic E-state index is 0.441. The average Bonchev–Trinajstić information content (AvgIpc) is 3.93. The molecule has 0 aromatic carbocycles. The molecule has 0 aliphatic carbocycles. The van der Waals surface area contributed by atoms with Crippen molar-refractivity contribution >= 4 is 38.2 Å². The summed E-state index contributed by atoms with van der Waals surface area (Å²) in [7, 11) is -2.36. The summed E-state index contributed by atoms with van der Waals surface area (Å²) in [4.78, 5) is 18.6. The fourth-order valence-corrected chi connectivity index (χ4v) is 9.15. The summed E-state index contributed by atoms with van der Waals surface area (Å²) in [5.74, 6) is -0.456. The first kappa shape index (κ1) is 37.4. The van der Waals surface area contributed by atoms with Gasteiger partial charge in [0, 0.05) is 102 Å². The van der Waals surface area contributed by atoms with E-state index >= 15 is 0 Å². The van der Waals surface area contributed by atoms with Gasteiger partial charge in [-0.3, -0.25) is 9.36 Å². The van der Waals surface area contributed by atoms with Gasteiger partial charge < -0.3 is 29.2 Å². The Labute approximate surface area is 323 Å². The molecule has 288 valence electrons. The Kier molecular flexibility index (Phi) is 9.84. The third-order valence-electron chi connectivity index (χ3n) is 11.1. The molecule has 0 unspecified atom stereocenters. The minimum Gasteiger partial charge on any atom is -0.361 e. The van der Waals surface area contributed by atoms with Gasteiger partial charge in [0.25, 0.3) is 0 Å². The number of rotatable bonds is 16. The summed E-state index contributed by atoms with van der Waals surface area (Å²) >= 11 is 0. The van der Waals surface area contributed by atoms with Gasteiger partial charge in [0.15, 0.2) is 0 Å². The van der Waals surface area contributed by atoms with Crippen molar-refractivity contribution in [3.05, 3.63) is 62.0 Å². The van der Waals surface area contributed by atoms with Crippen LogP contribution in [0.25, 0.3) is 44.6 Å². The maximum atomic E-state index is 11.0. The average molecular weight is 778 g/mol. The van der Waals surface area contributed by atoms with E-state index in [0.29, 0.717) is 39.6 Å². The van der Waals surface area contributed by atoms with Gasteiger partial charge in [-0.05, 0) is 24.2 Å². The molecule has 8 heterocycles. The van der Waals surface area contributed by atoms with E-state index < -0.39 is 33.1 Å². The Bertz CT molecular complexity index is 2180. The van der Waals surface area contributed by atoms with Crippen LogP contribution in [0.5, 0.6) is 0 Å². The molecule has 6 aromatic rings. The molecule has 2 aliphatic heterocycles. The molecule has 2 saturated heterocycles. The van der Waals surface area contributed by atoms with Gasteiger partial charge >= 0.3 is 0 Å². The van der Waals surface area contributed by atoms with Crippen molar-refractivity contribution in [3.8, 4) is 28.6 Å². The zero-order valence-electron chi connectivity index (χ0n) is 32.7. The predicted octanol–water partition coefficient (Wildman–Crippen LogP) is 4.96. The third-order valence-corrected chi connectivity index (χ3v) is 14.5. The number of ether oxygens (including phenoxy) is 2. The molecular weight excluding hydrogens is 727 g/mol. The van der Waals surface area contributed by atoms with Gasteiger partial charge in [0.05, 0.1) is 29.9 Å². The van der Waals surface area contributed by atoms with Crippen LogP contribution in [0.15, 0.2) is 62.0 Å². The van der Waals surface area contributed by atoms with E-state index in [1.165, 1.54) is 0 Å². The van der Waals surface area contributed by atoms with E-state index in [4.69, 9.17) is 29.6 Å². The molecule has 0 amide bonds. The smallest absolute Gasteiger partial charge is 0.145 e. The van der Waals surface area contributed by atoms with E-state index in [9.17, 15) is 5.26 Å². The van der Waals surface area contributed by atoms with Gasteiger partial charge in [0.2, 0.25) is 0 Å². The molecule has 8 rings (SSSR count). The summed E-state index contributed by atoms with van der Waals surface area (Å²) in [6.07, 6.45) is 15.0. The van der Waals surface area contributed by atoms with E-state index in [2.05, 4.69) is 66.0 Å². The second kappa shape index (κ2) is 14.5. The van der Waals surface area contributed by atoms with Crippen LogP contribution in [0.4, 0.5) is 0 Å². The maximum absolute atomic E-state index is 11.0. The second-order valence-electron chi connectivity index (χ2n) is 17.5. The molecule has 2 aliphatic rings. The van der Waals surface area contributed by atoms with E-state index in [0.717, 1.165) is 69.9 Å². The summed E-state index contributed by atoms with van der Waals surface area (Å²) in [5.41, 5.74) is 3.78. The molecular formula is C38H51N13O2Si2. The van der Waals surface area contributed by atoms with Crippen molar-refractivity contribution in [2.24, 2.45) is 5.92 Å². The second-order valence-corrected chi connectivity index (χ2v) is 28.8. The Morgan fingerprint density at radius 3 is 1.51 bits per heavy atom. The molecule has 0 radical (unpaired) electrons. The Morgan fingerprint density at radius 1 is 0.709 bits per heavy atom. The fraction of sp³-hybridized carbons (Fsp3) is 0.500. The molecule has 0 atom stereocenters. The summed E-state index contributed by atoms with van der Waals surface area (Å²) < 4.78 is 20.1. The Hall–Kier alpha value is -4.58. The van der Waals surface area contributed by atoms with Crippen molar-refractivity contribution in [3.63, 3.8) is 0 Å². The highest BCUT2D eigenvalue weighted by molar-refractivity contribution is 6.76. The van der Waals surface area contributed by atoms with Crippen LogP contribution in [0.3, 0.4) is 0 Å². The van der Waals surface area contributed by atoms with Crippen LogP contribution in [-0.2, 0) is 34.0 Å². The molecule has 55 heavy (non-hydrogen) atoms. The lowest BCUT2D eigenvalue weighted by molar-refractivity contribution is -0.0132. The van der Waals surface area contributed by atoms with Gasteiger partial charge in [-0.2, -0.15) is 15.5 Å². The van der Waals surface area contributed by atoms with Gasteiger partial charge in [-0.25, -0.2) is 19.9 Å². The van der Waals surface area contributed by atoms with Gasteiger partial charge in [-0.1, -0.05) is 39.3 Å². The minimum atomic E-state index is -1.18. The molecule has 2 N–H and O–H groups in total. The maximum Gasteiger partial charge on any atom is 0.145 e. The number of hydrogen-bond donors (Lipinski definition) is 2. The van der Waals surface area contributed by atoms with Crippen LogP contribution in [0.2, 0.25) is 51.4 Å². The molecule has 0 spiro atoms. The quantitative estimate of drug-likeness (QED) is 0.101. The van der Waals surface area contributed by atoms with Gasteiger partial charge in [0.1, 0.15) is 54.4 Å². The standard InChI is InChI=1S/C38H51N13O2Si2/c1-54(2,3)13-11-52-26-48-9-7-30-33(42-24-44-35(30)48)28-16-46-50(18-28)37(20-40-21-37)32(15-39)38(22-41-23-38)51-19-29(17-47-51)34-31-8-10-49(36(31)45-25-43-34)27-53-12-14-55(4,5)6/h7-10,16-19,24-25,32,40-41H,11-14,20-23,26-27H2,1-6H3. The number of fused-ring (bicyclic) bond motifs is 2. The van der Waals surface area contributed by atoms with E-state index in [-0.39, 0.29) is 0 Å². The Morgan fingerprint density at radius 2 is 1.15 bits per heavy atom. The van der Waals surface area contributed by atoms with E-state index in [1.807, 2.05) is 67.8 Å². The third kappa shape index (κ3) is 7.07. The molecule has 6 aromatic heterocycles. The highest BCUT2D eigenvalue weighted by Crippen LogP contribution is 2.44. The molecule has 0 saturated carbocycles. The largest absolute Gasteiger partial charge is 0.361 e. The van der Waals surface area contributed by atoms with Crippen molar-refractivity contribution < 1.29 is 9.47 Å². The first-order chi connectivity index (χ1) is 26.4. The lowest BCUT2D eigenvalue weighted by Gasteiger charge is -2.55. The van der Waals surface area contributed by atoms with E-state index in [1.54, 1.807) is 12.7 Å². The SMILES string of the molecule is C[Si](C)(C)CCOCn1ccc2c(-c3cnn(C4(C(C#N)C5(n6cc(-c7ncnc8c7ccn8COCC[Si](C)(C)C)cn6)CNC5)CNC4)c3)ncnc21. The molecule has 0 bridgehead atoms. The lowest BCUT2D eigenvalue weighted by Crippen LogP contribution is -2.75. The summed E-state index contributed by atoms with van der Waals surface area (Å²) in [6.45, 7) is 18.9. The van der Waals surface area contributed by atoms with Crippen molar-refractivity contribution in [1.29, 1.82) is 5.26 Å². The fourth-order valence-electron chi connectivity index (χ4n) is 7.64. The number of aromatic nitrogens is 10. The number of nitriles is 1. The topological polar surface area (TPSA) is 163 Å². The first-order valence-corrected chi connectivity index (χ1v) is 26.5. The summed E-state index contributed by atoms with van der Waals surface area (Å²) in [6, 6.07) is 9.03. The number of nitrogens with zero attached hydrogens (tertiary/aromatic N) is 11. The highest BCUT2D eigenvalue weighted by Gasteiger charge is 2.60. The molecule has 15 nitrogen and oxygen atoms in total. The highest BCUT2D eigenvalue weighted by atomic mass is 28.3. The summed E-state index contributed by atoms with van der Waals surface area (Å²) in [5, 5.41) is 29.6. The molecule has 2 fully saturated rings. The van der Waals surface area contributed by atoms with Crippen molar-refractivity contribution in [2.45, 2.75) is 75.9 Å². The van der Waals surface area contributed by atoms with Crippen molar-refractivity contribution in [2.75, 3.05) is 39.4 Å². The zero-order valence-corrected chi connectivity index (χ0v) is 34.7. The zero-order chi connectivity index (χ0) is 38.4. The monoisotopic (exact) mass is 777 g/mol. The number of nitrogens with one attached hydrogen (secondary N) is 2. The Balaban J connectivity index is 1.04. The van der Waals surface area contributed by atoms with Crippen LogP contribution in [0, 0.1) is 17.2 Å². The lowest BCUT2D eigenvalue weighted by atomic mass is 9.66. The first-order valence-electron chi connectivity index (χ1n) is 19.1.